The van der Waals surface area contributed by atoms with Crippen molar-refractivity contribution in [1.82, 2.24) is 9.21 Å². The molecule has 2 aliphatic heterocycles. The van der Waals surface area contributed by atoms with Crippen LogP contribution in [0.2, 0.25) is 0 Å². The van der Waals surface area contributed by atoms with E-state index in [-0.39, 0.29) is 41.5 Å². The normalized spacial score (nSPS) is 19.8. The van der Waals surface area contributed by atoms with Crippen LogP contribution in [-0.2, 0) is 14.8 Å². The summed E-state index contributed by atoms with van der Waals surface area (Å²) in [5.41, 5.74) is 1.25. The minimum Gasteiger partial charge on any atom is -0.497 e. The van der Waals surface area contributed by atoms with Gasteiger partial charge in [0, 0.05) is 37.7 Å². The van der Waals surface area contributed by atoms with E-state index in [1.165, 1.54) is 16.4 Å². The molecule has 0 radical (unpaired) electrons. The molecular weight excluding hydrogens is 458 g/mol. The van der Waals surface area contributed by atoms with Crippen LogP contribution in [0.4, 0.5) is 5.69 Å². The fraction of sp³-hybridized carbons (Fsp3) is 0.458. The molecule has 1 amide bonds. The van der Waals surface area contributed by atoms with E-state index in [9.17, 15) is 23.3 Å². The van der Waals surface area contributed by atoms with Crippen LogP contribution in [0, 0.1) is 23.0 Å². The van der Waals surface area contributed by atoms with Crippen LogP contribution in [0.5, 0.6) is 5.75 Å². The molecule has 182 valence electrons. The van der Waals surface area contributed by atoms with Crippen molar-refractivity contribution in [2.45, 2.75) is 43.5 Å². The van der Waals surface area contributed by atoms with Gasteiger partial charge in [0.05, 0.1) is 23.0 Å². The molecule has 2 aliphatic rings. The van der Waals surface area contributed by atoms with Crippen LogP contribution >= 0.6 is 0 Å². The number of piperidine rings is 1. The highest BCUT2D eigenvalue weighted by molar-refractivity contribution is 7.89. The van der Waals surface area contributed by atoms with Gasteiger partial charge in [0.25, 0.3) is 5.69 Å². The van der Waals surface area contributed by atoms with Gasteiger partial charge in [-0.25, -0.2) is 8.42 Å². The van der Waals surface area contributed by atoms with E-state index in [0.717, 1.165) is 30.2 Å². The second-order valence-corrected chi connectivity index (χ2v) is 10.8. The number of amides is 1. The van der Waals surface area contributed by atoms with Gasteiger partial charge in [-0.2, -0.15) is 4.31 Å². The van der Waals surface area contributed by atoms with Crippen molar-refractivity contribution in [2.75, 3.05) is 26.7 Å². The monoisotopic (exact) mass is 487 g/mol. The van der Waals surface area contributed by atoms with Crippen LogP contribution in [-0.4, -0.2) is 55.2 Å². The van der Waals surface area contributed by atoms with Crippen LogP contribution in [0.25, 0.3) is 0 Å². The van der Waals surface area contributed by atoms with Gasteiger partial charge in [0.2, 0.25) is 15.9 Å². The van der Waals surface area contributed by atoms with Crippen molar-refractivity contribution in [3.05, 3.63) is 63.7 Å². The molecule has 0 aromatic heterocycles. The summed E-state index contributed by atoms with van der Waals surface area (Å²) in [5.74, 6) is 0.574. The van der Waals surface area contributed by atoms with Gasteiger partial charge in [0.15, 0.2) is 0 Å². The van der Waals surface area contributed by atoms with Gasteiger partial charge in [-0.1, -0.05) is 18.2 Å². The lowest BCUT2D eigenvalue weighted by atomic mass is 9.95. The molecule has 2 aromatic rings. The lowest BCUT2D eigenvalue weighted by Crippen LogP contribution is -2.44. The summed E-state index contributed by atoms with van der Waals surface area (Å²) < 4.78 is 33.1. The third-order valence-electron chi connectivity index (χ3n) is 6.82. The number of nitro groups is 1. The standard InChI is InChI=1S/C24H29N3O6S/c1-17-8-9-20(27(29)30)16-23(17)34(31,32)25-13-10-18(11-14-25)24(28)26-12-4-7-22(26)19-5-3-6-21(15-19)33-2/h3,5-6,8-9,15-16,18,22H,4,7,10-14H2,1-2H3. The fourth-order valence-corrected chi connectivity index (χ4v) is 6.64. The maximum absolute atomic E-state index is 13.4. The van der Waals surface area contributed by atoms with E-state index in [2.05, 4.69) is 0 Å². The summed E-state index contributed by atoms with van der Waals surface area (Å²) in [6.45, 7) is 2.72. The summed E-state index contributed by atoms with van der Waals surface area (Å²) >= 11 is 0. The number of carbonyl (C=O) groups excluding carboxylic acids is 1. The lowest BCUT2D eigenvalue weighted by Gasteiger charge is -2.34. The van der Waals surface area contributed by atoms with Gasteiger partial charge < -0.3 is 9.64 Å². The number of likely N-dealkylation sites (tertiary alicyclic amines) is 1. The van der Waals surface area contributed by atoms with Gasteiger partial charge in [0.1, 0.15) is 5.75 Å². The highest BCUT2D eigenvalue weighted by Gasteiger charge is 2.38. The first kappa shape index (κ1) is 24.2. The third-order valence-corrected chi connectivity index (χ3v) is 8.86. The Morgan fingerprint density at radius 2 is 1.82 bits per heavy atom. The topological polar surface area (TPSA) is 110 Å². The molecule has 1 atom stereocenters. The lowest BCUT2D eigenvalue weighted by molar-refractivity contribution is -0.385. The number of nitro benzene ring substituents is 1. The molecule has 4 rings (SSSR count). The van der Waals surface area contributed by atoms with E-state index in [4.69, 9.17) is 4.74 Å². The van der Waals surface area contributed by atoms with Crippen LogP contribution in [0.3, 0.4) is 0 Å². The van der Waals surface area contributed by atoms with E-state index >= 15 is 0 Å². The first-order valence-electron chi connectivity index (χ1n) is 11.4. The number of aryl methyl sites for hydroxylation is 1. The molecule has 1 unspecified atom stereocenters. The molecule has 2 fully saturated rings. The summed E-state index contributed by atoms with van der Waals surface area (Å²) in [6, 6.07) is 11.6. The molecule has 0 saturated carbocycles. The fourth-order valence-electron chi connectivity index (χ4n) is 4.92. The zero-order chi connectivity index (χ0) is 24.5. The molecule has 2 saturated heterocycles. The first-order valence-corrected chi connectivity index (χ1v) is 12.9. The van der Waals surface area contributed by atoms with E-state index in [0.29, 0.717) is 24.9 Å². The van der Waals surface area contributed by atoms with Gasteiger partial charge in [-0.3, -0.25) is 14.9 Å². The number of rotatable bonds is 6. The number of nitrogens with zero attached hydrogens (tertiary/aromatic N) is 3. The van der Waals surface area contributed by atoms with Gasteiger partial charge >= 0.3 is 0 Å². The van der Waals surface area contributed by atoms with Gasteiger partial charge in [-0.05, 0) is 55.9 Å². The minimum absolute atomic E-state index is 0.00289. The number of ether oxygens (including phenoxy) is 1. The number of hydrogen-bond acceptors (Lipinski definition) is 6. The van der Waals surface area contributed by atoms with E-state index < -0.39 is 14.9 Å². The maximum Gasteiger partial charge on any atom is 0.270 e. The van der Waals surface area contributed by atoms with Crippen molar-refractivity contribution >= 4 is 21.6 Å². The number of non-ortho nitro benzene ring substituents is 1. The molecule has 2 aromatic carbocycles. The zero-order valence-corrected chi connectivity index (χ0v) is 20.2. The van der Waals surface area contributed by atoms with Crippen LogP contribution < -0.4 is 4.74 Å². The number of sulfonamides is 1. The largest absolute Gasteiger partial charge is 0.497 e. The zero-order valence-electron chi connectivity index (χ0n) is 19.3. The molecule has 0 spiro atoms. The average Bonchev–Trinajstić information content (AvgIpc) is 3.33. The minimum atomic E-state index is -3.89. The van der Waals surface area contributed by atoms with E-state index in [1.807, 2.05) is 29.2 Å². The highest BCUT2D eigenvalue weighted by Crippen LogP contribution is 2.36. The molecule has 0 aliphatic carbocycles. The number of hydrogen-bond donors (Lipinski definition) is 0. The summed E-state index contributed by atoms with van der Waals surface area (Å²) in [4.78, 5) is 25.8. The quantitative estimate of drug-likeness (QED) is 0.454. The third kappa shape index (κ3) is 4.65. The Morgan fingerprint density at radius 3 is 2.50 bits per heavy atom. The predicted molar refractivity (Wildman–Crippen MR) is 126 cm³/mol. The van der Waals surface area contributed by atoms with Gasteiger partial charge in [-0.15, -0.1) is 0 Å². The average molecular weight is 488 g/mol. The summed E-state index contributed by atoms with van der Waals surface area (Å²) in [6.07, 6.45) is 2.66. The van der Waals surface area contributed by atoms with Crippen molar-refractivity contribution in [3.63, 3.8) is 0 Å². The first-order chi connectivity index (χ1) is 16.2. The van der Waals surface area contributed by atoms with Crippen molar-refractivity contribution in [1.29, 1.82) is 0 Å². The second-order valence-electron chi connectivity index (χ2n) is 8.85. The molecule has 10 heteroatoms. The van der Waals surface area contributed by atoms with E-state index in [1.54, 1.807) is 14.0 Å². The molecule has 0 bridgehead atoms. The van der Waals surface area contributed by atoms with Crippen LogP contribution in [0.1, 0.15) is 42.9 Å². The predicted octanol–water partition coefficient (Wildman–Crippen LogP) is 3.68. The van der Waals surface area contributed by atoms with Crippen LogP contribution in [0.15, 0.2) is 47.4 Å². The summed E-state index contributed by atoms with van der Waals surface area (Å²) in [5, 5.41) is 11.1. The smallest absolute Gasteiger partial charge is 0.270 e. The SMILES string of the molecule is COc1cccc(C2CCCN2C(=O)C2CCN(S(=O)(=O)c3cc([N+](=O)[O-])ccc3C)CC2)c1. The molecular formula is C24H29N3O6S. The Labute approximate surface area is 199 Å². The highest BCUT2D eigenvalue weighted by atomic mass is 32.2. The number of carbonyl (C=O) groups is 1. The summed E-state index contributed by atoms with van der Waals surface area (Å²) in [7, 11) is -2.27. The molecule has 2 heterocycles. The number of methoxy groups -OCH3 is 1. The Kier molecular flexibility index (Phi) is 6.90. The van der Waals surface area contributed by atoms with Crippen molar-refractivity contribution < 1.29 is 22.9 Å². The Hall–Kier alpha value is -2.98. The Morgan fingerprint density at radius 1 is 1.09 bits per heavy atom. The Bertz CT molecular complexity index is 1190. The van der Waals surface area contributed by atoms with Crippen molar-refractivity contribution in [3.8, 4) is 5.75 Å². The maximum atomic E-state index is 13.4. The molecule has 9 nitrogen and oxygen atoms in total. The van der Waals surface area contributed by atoms with Crippen molar-refractivity contribution in [2.24, 2.45) is 5.92 Å². The molecule has 34 heavy (non-hydrogen) atoms. The molecule has 0 N–H and O–H groups in total. The number of benzene rings is 2. The second kappa shape index (κ2) is 9.71. The Balaban J connectivity index is 1.46.